The molecule has 0 spiro atoms. The maximum atomic E-state index is 13.8. The van der Waals surface area contributed by atoms with Crippen molar-refractivity contribution in [3.63, 3.8) is 0 Å². The second-order valence-electron chi connectivity index (χ2n) is 12.4. The number of hydrogen-bond acceptors (Lipinski definition) is 10. The van der Waals surface area contributed by atoms with Crippen LogP contribution in [0.1, 0.15) is 59.1 Å². The molecule has 0 aromatic heterocycles. The van der Waals surface area contributed by atoms with Gasteiger partial charge < -0.3 is 38.8 Å². The molecule has 0 aliphatic carbocycles. The number of benzene rings is 1. The lowest BCUT2D eigenvalue weighted by molar-refractivity contribution is -0.157. The molecule has 7 unspecified atom stereocenters. The molecule has 0 saturated carbocycles. The van der Waals surface area contributed by atoms with Crippen LogP contribution >= 0.6 is 11.6 Å². The summed E-state index contributed by atoms with van der Waals surface area (Å²) in [6, 6.07) is 3.17. The van der Waals surface area contributed by atoms with Gasteiger partial charge in [0.25, 0.3) is 0 Å². The second kappa shape index (κ2) is 13.3. The molecule has 248 valence electrons. The number of ether oxygens (including phenoxy) is 5. The molecule has 3 aliphatic heterocycles. The van der Waals surface area contributed by atoms with Crippen molar-refractivity contribution in [3.8, 4) is 5.75 Å². The summed E-state index contributed by atoms with van der Waals surface area (Å²) in [6.07, 6.45) is -0.848. The van der Waals surface area contributed by atoms with E-state index in [2.05, 4.69) is 5.32 Å². The number of aliphatic hydroxyl groups is 2. The van der Waals surface area contributed by atoms with E-state index in [-0.39, 0.29) is 29.3 Å². The van der Waals surface area contributed by atoms with Gasteiger partial charge in [-0.3, -0.25) is 14.9 Å². The minimum Gasteiger partial charge on any atom is -0.495 e. The van der Waals surface area contributed by atoms with Crippen LogP contribution in [0.2, 0.25) is 5.02 Å². The SMILES string of the molecule is COc1cc2cc(c1Cl)N(C)C(=O)CC(OC(=O)C(C)C)C1(C)OC1C(C)C1CC(O)(NC(=O)O1)C(OC)/C=C/C=C(\C)[C@H]2O. The quantitative estimate of drug-likeness (QED) is 0.323. The van der Waals surface area contributed by atoms with Gasteiger partial charge in [0.15, 0.2) is 5.72 Å². The Labute approximate surface area is 268 Å². The first-order valence-electron chi connectivity index (χ1n) is 14.9. The van der Waals surface area contributed by atoms with E-state index in [0.29, 0.717) is 11.1 Å². The van der Waals surface area contributed by atoms with E-state index in [1.807, 2.05) is 0 Å². The maximum absolute atomic E-state index is 13.8. The summed E-state index contributed by atoms with van der Waals surface area (Å²) in [4.78, 5) is 40.6. The molecular weight excluding hydrogens is 608 g/mol. The van der Waals surface area contributed by atoms with Crippen LogP contribution in [-0.4, -0.2) is 85.2 Å². The zero-order valence-electron chi connectivity index (χ0n) is 26.8. The highest BCUT2D eigenvalue weighted by atomic mass is 35.5. The fourth-order valence-electron chi connectivity index (χ4n) is 5.86. The lowest BCUT2D eigenvalue weighted by Gasteiger charge is -2.42. The summed E-state index contributed by atoms with van der Waals surface area (Å²) in [5, 5.41) is 25.5. The number of nitrogens with zero attached hydrogens (tertiary/aromatic N) is 1. The number of esters is 1. The number of carbonyl (C=O) groups is 3. The number of allylic oxidation sites excluding steroid dienone is 2. The number of nitrogens with one attached hydrogen (secondary N) is 1. The first kappa shape index (κ1) is 34.7. The monoisotopic (exact) mass is 650 g/mol. The standard InChI is InChI=1S/C32H43ClN2O10/c1-16(2)29(38)44-24-14-25(36)35(6)20-12-19(13-21(41-7)26(20)33)27(37)17(3)10-9-11-23(42-8)32(40)15-22(43-30(39)34-32)18(4)28-31(24,5)45-28/h9-13,16,18,22-24,27-28,37,40H,14-15H2,1-8H3,(H,34,39)/b11-9+,17-10+/t18?,22?,23?,24?,27-,28?,31?,32?/m1/s1. The smallest absolute Gasteiger partial charge is 0.409 e. The van der Waals surface area contributed by atoms with Crippen LogP contribution in [0.5, 0.6) is 5.75 Å². The Bertz CT molecular complexity index is 1380. The van der Waals surface area contributed by atoms with Gasteiger partial charge in [0.05, 0.1) is 31.2 Å². The number of fused-ring (bicyclic) bond motifs is 5. The van der Waals surface area contributed by atoms with Crippen molar-refractivity contribution < 1.29 is 48.3 Å². The van der Waals surface area contributed by atoms with Crippen LogP contribution in [0.3, 0.4) is 0 Å². The zero-order valence-corrected chi connectivity index (χ0v) is 27.6. The molecule has 1 aromatic carbocycles. The predicted octanol–water partition coefficient (Wildman–Crippen LogP) is 3.81. The van der Waals surface area contributed by atoms with Crippen molar-refractivity contribution >= 4 is 35.3 Å². The van der Waals surface area contributed by atoms with Crippen molar-refractivity contribution in [3.05, 3.63) is 46.5 Å². The second-order valence-corrected chi connectivity index (χ2v) is 12.8. The van der Waals surface area contributed by atoms with Crippen LogP contribution < -0.4 is 15.0 Å². The average molecular weight is 651 g/mol. The Morgan fingerprint density at radius 1 is 1.24 bits per heavy atom. The first-order chi connectivity index (χ1) is 21.1. The van der Waals surface area contributed by atoms with Crippen molar-refractivity contribution in [1.29, 1.82) is 0 Å². The Hall–Kier alpha value is -3.16. The molecule has 13 heteroatoms. The molecule has 0 radical (unpaired) electrons. The van der Waals surface area contributed by atoms with Crippen LogP contribution in [0.4, 0.5) is 10.5 Å². The van der Waals surface area contributed by atoms with Gasteiger partial charge in [-0.05, 0) is 37.1 Å². The number of carbonyl (C=O) groups excluding carboxylic acids is 3. The fourth-order valence-corrected chi connectivity index (χ4v) is 6.18. The van der Waals surface area contributed by atoms with Crippen molar-refractivity contribution in [2.24, 2.45) is 11.8 Å². The molecule has 2 amide bonds. The summed E-state index contributed by atoms with van der Waals surface area (Å²) in [7, 11) is 4.36. The number of rotatable bonds is 4. The van der Waals surface area contributed by atoms with E-state index in [1.165, 1.54) is 26.2 Å². The van der Waals surface area contributed by atoms with Crippen molar-refractivity contribution in [1.82, 2.24) is 5.32 Å². The molecule has 8 atom stereocenters. The Morgan fingerprint density at radius 2 is 1.93 bits per heavy atom. The summed E-state index contributed by atoms with van der Waals surface area (Å²) < 4.78 is 28.6. The number of halogens is 1. The molecule has 12 nitrogen and oxygen atoms in total. The van der Waals surface area contributed by atoms with E-state index in [1.54, 1.807) is 65.0 Å². The summed E-state index contributed by atoms with van der Waals surface area (Å²) >= 11 is 6.65. The highest BCUT2D eigenvalue weighted by Crippen LogP contribution is 2.49. The normalized spacial score (nSPS) is 35.8. The largest absolute Gasteiger partial charge is 0.495 e. The zero-order chi connectivity index (χ0) is 33.4. The minimum atomic E-state index is -1.84. The Balaban J connectivity index is 1.83. The first-order valence-corrected chi connectivity index (χ1v) is 15.2. The lowest BCUT2D eigenvalue weighted by Crippen LogP contribution is -2.63. The highest BCUT2D eigenvalue weighted by molar-refractivity contribution is 6.35. The van der Waals surface area contributed by atoms with Gasteiger partial charge in [-0.15, -0.1) is 0 Å². The molecule has 3 N–H and O–H groups in total. The van der Waals surface area contributed by atoms with Crippen LogP contribution in [0.15, 0.2) is 35.9 Å². The van der Waals surface area contributed by atoms with Gasteiger partial charge in [0.1, 0.15) is 40.8 Å². The number of amides is 2. The van der Waals surface area contributed by atoms with Crippen LogP contribution in [-0.2, 0) is 28.5 Å². The summed E-state index contributed by atoms with van der Waals surface area (Å²) in [6.45, 7) is 8.62. The molecule has 3 aliphatic rings. The third-order valence-corrected chi connectivity index (χ3v) is 9.27. The number of methoxy groups -OCH3 is 2. The van der Waals surface area contributed by atoms with Gasteiger partial charge in [0.2, 0.25) is 5.91 Å². The van der Waals surface area contributed by atoms with Gasteiger partial charge in [0, 0.05) is 26.5 Å². The molecule has 3 heterocycles. The summed E-state index contributed by atoms with van der Waals surface area (Å²) in [5.74, 6) is -1.65. The topological polar surface area (TPSA) is 156 Å². The van der Waals surface area contributed by atoms with Crippen LogP contribution in [0, 0.1) is 11.8 Å². The molecule has 2 fully saturated rings. The molecule has 1 aromatic rings. The third kappa shape index (κ3) is 7.00. The third-order valence-electron chi connectivity index (χ3n) is 8.89. The van der Waals surface area contributed by atoms with E-state index in [9.17, 15) is 24.6 Å². The Morgan fingerprint density at radius 3 is 2.56 bits per heavy atom. The van der Waals surface area contributed by atoms with E-state index >= 15 is 0 Å². The molecule has 4 rings (SSSR count). The van der Waals surface area contributed by atoms with Gasteiger partial charge >= 0.3 is 12.1 Å². The number of hydrogen-bond donors (Lipinski definition) is 3. The molecule has 4 bridgehead atoms. The molecular formula is C32H43ClN2O10. The van der Waals surface area contributed by atoms with E-state index in [0.717, 1.165) is 0 Å². The van der Waals surface area contributed by atoms with Gasteiger partial charge in [-0.2, -0.15) is 0 Å². The summed E-state index contributed by atoms with van der Waals surface area (Å²) in [5.41, 5.74) is -1.75. The van der Waals surface area contributed by atoms with Gasteiger partial charge in [-0.25, -0.2) is 4.79 Å². The number of alkyl carbamates (subject to hydrolysis) is 1. The number of anilines is 1. The van der Waals surface area contributed by atoms with Crippen LogP contribution in [0.25, 0.3) is 0 Å². The average Bonchev–Trinajstić information content (AvgIpc) is 3.68. The molecule has 45 heavy (non-hydrogen) atoms. The Kier molecular flexibility index (Phi) is 10.3. The van der Waals surface area contributed by atoms with E-state index in [4.69, 9.17) is 35.3 Å². The van der Waals surface area contributed by atoms with E-state index < -0.39 is 71.7 Å². The van der Waals surface area contributed by atoms with Crippen molar-refractivity contribution in [2.75, 3.05) is 26.2 Å². The van der Waals surface area contributed by atoms with Gasteiger partial charge in [-0.1, -0.05) is 50.6 Å². The highest BCUT2D eigenvalue weighted by Gasteiger charge is 2.64. The number of epoxide rings is 1. The number of aliphatic hydroxyl groups excluding tert-OH is 1. The molecule has 2 saturated heterocycles. The minimum absolute atomic E-state index is 0.0493. The maximum Gasteiger partial charge on any atom is 0.409 e. The lowest BCUT2D eigenvalue weighted by atomic mass is 9.83. The van der Waals surface area contributed by atoms with Crippen molar-refractivity contribution in [2.45, 2.75) is 89.3 Å². The fraction of sp³-hybridized carbons (Fsp3) is 0.594. The predicted molar refractivity (Wildman–Crippen MR) is 165 cm³/mol.